The summed E-state index contributed by atoms with van der Waals surface area (Å²) >= 11 is 0. The minimum Gasteiger partial charge on any atom is -0.481 e. The number of aryl methyl sites for hydroxylation is 1. The molecule has 1 aromatic heterocycles. The first-order valence-corrected chi connectivity index (χ1v) is 6.18. The minimum atomic E-state index is 0.624. The van der Waals surface area contributed by atoms with Crippen molar-refractivity contribution >= 4 is 0 Å². The maximum absolute atomic E-state index is 5.20. The lowest BCUT2D eigenvalue weighted by Crippen LogP contribution is -2.40. The Labute approximate surface area is 103 Å². The molecule has 1 aromatic rings. The molecule has 0 radical (unpaired) electrons. The molecule has 0 bridgehead atoms. The van der Waals surface area contributed by atoms with Gasteiger partial charge in [-0.3, -0.25) is 0 Å². The van der Waals surface area contributed by atoms with Crippen LogP contribution in [0.3, 0.4) is 0 Å². The Morgan fingerprint density at radius 3 is 2.71 bits per heavy atom. The number of rotatable bonds is 4. The van der Waals surface area contributed by atoms with Gasteiger partial charge in [0.1, 0.15) is 0 Å². The quantitative estimate of drug-likeness (QED) is 0.834. The molecule has 1 aliphatic heterocycles. The zero-order valence-electron chi connectivity index (χ0n) is 10.9. The summed E-state index contributed by atoms with van der Waals surface area (Å²) in [5.41, 5.74) is 1.04. The monoisotopic (exact) mass is 238 g/mol. The SMILES string of the molecule is COc1cc(CNC2CCN(C)CC2)nn1C. The van der Waals surface area contributed by atoms with E-state index >= 15 is 0 Å². The van der Waals surface area contributed by atoms with Gasteiger partial charge in [-0.25, -0.2) is 4.68 Å². The third-order valence-corrected chi connectivity index (χ3v) is 3.39. The Bertz CT molecular complexity index is 355. The highest BCUT2D eigenvalue weighted by Gasteiger charge is 2.16. The summed E-state index contributed by atoms with van der Waals surface area (Å²) in [6.45, 7) is 3.19. The van der Waals surface area contributed by atoms with Crippen molar-refractivity contribution in [3.05, 3.63) is 11.8 Å². The highest BCUT2D eigenvalue weighted by Crippen LogP contribution is 2.12. The summed E-state index contributed by atoms with van der Waals surface area (Å²) in [4.78, 5) is 2.38. The Morgan fingerprint density at radius 1 is 1.41 bits per heavy atom. The van der Waals surface area contributed by atoms with E-state index in [4.69, 9.17) is 4.74 Å². The zero-order valence-corrected chi connectivity index (χ0v) is 10.9. The van der Waals surface area contributed by atoms with E-state index in [1.807, 2.05) is 13.1 Å². The summed E-state index contributed by atoms with van der Waals surface area (Å²) < 4.78 is 6.97. The molecule has 2 heterocycles. The summed E-state index contributed by atoms with van der Waals surface area (Å²) in [6, 6.07) is 2.61. The zero-order chi connectivity index (χ0) is 12.3. The van der Waals surface area contributed by atoms with E-state index in [-0.39, 0.29) is 0 Å². The van der Waals surface area contributed by atoms with Gasteiger partial charge in [-0.1, -0.05) is 0 Å². The molecule has 0 aliphatic carbocycles. The van der Waals surface area contributed by atoms with Gasteiger partial charge in [-0.15, -0.1) is 0 Å². The van der Waals surface area contributed by atoms with E-state index in [0.29, 0.717) is 6.04 Å². The molecule has 0 saturated carbocycles. The molecule has 5 nitrogen and oxygen atoms in total. The van der Waals surface area contributed by atoms with Crippen molar-refractivity contribution in [3.63, 3.8) is 0 Å². The van der Waals surface area contributed by atoms with Gasteiger partial charge in [-0.05, 0) is 33.0 Å². The van der Waals surface area contributed by atoms with Crippen LogP contribution in [-0.4, -0.2) is 48.0 Å². The van der Waals surface area contributed by atoms with Gasteiger partial charge in [-0.2, -0.15) is 5.10 Å². The second-order valence-corrected chi connectivity index (χ2v) is 4.76. The third kappa shape index (κ3) is 3.20. The number of ether oxygens (including phenoxy) is 1. The van der Waals surface area contributed by atoms with E-state index < -0.39 is 0 Å². The van der Waals surface area contributed by atoms with Crippen LogP contribution in [-0.2, 0) is 13.6 Å². The standard InChI is InChI=1S/C12H22N4O/c1-15-6-4-10(5-7-15)13-9-11-8-12(17-3)16(2)14-11/h8,10,13H,4-7,9H2,1-3H3. The van der Waals surface area contributed by atoms with E-state index in [9.17, 15) is 0 Å². The predicted molar refractivity (Wildman–Crippen MR) is 67.1 cm³/mol. The Kier molecular flexibility index (Phi) is 4.02. The third-order valence-electron chi connectivity index (χ3n) is 3.39. The van der Waals surface area contributed by atoms with Crippen LogP contribution in [0.5, 0.6) is 5.88 Å². The number of nitrogens with one attached hydrogen (secondary N) is 1. The van der Waals surface area contributed by atoms with Gasteiger partial charge in [0.25, 0.3) is 0 Å². The fourth-order valence-electron chi connectivity index (χ4n) is 2.25. The first-order chi connectivity index (χ1) is 8.19. The van der Waals surface area contributed by atoms with E-state index in [1.165, 1.54) is 25.9 Å². The molecule has 2 rings (SSSR count). The van der Waals surface area contributed by atoms with Crippen molar-refractivity contribution in [3.8, 4) is 5.88 Å². The smallest absolute Gasteiger partial charge is 0.211 e. The van der Waals surface area contributed by atoms with Gasteiger partial charge >= 0.3 is 0 Å². The molecular formula is C12H22N4O. The lowest BCUT2D eigenvalue weighted by atomic mass is 10.1. The number of methoxy groups -OCH3 is 1. The molecule has 17 heavy (non-hydrogen) atoms. The number of nitrogens with zero attached hydrogens (tertiary/aromatic N) is 3. The molecule has 1 fully saturated rings. The molecule has 5 heteroatoms. The van der Waals surface area contributed by atoms with Crippen LogP contribution in [0.2, 0.25) is 0 Å². The molecule has 1 saturated heterocycles. The Hall–Kier alpha value is -1.07. The van der Waals surface area contributed by atoms with E-state index in [2.05, 4.69) is 22.4 Å². The van der Waals surface area contributed by atoms with Crippen molar-refractivity contribution in [1.82, 2.24) is 20.0 Å². The lowest BCUT2D eigenvalue weighted by molar-refractivity contribution is 0.233. The predicted octanol–water partition coefficient (Wildman–Crippen LogP) is 0.612. The fraction of sp³-hybridized carbons (Fsp3) is 0.750. The summed E-state index contributed by atoms with van der Waals surface area (Å²) in [5, 5.41) is 7.96. The number of likely N-dealkylation sites (tertiary alicyclic amines) is 1. The molecular weight excluding hydrogens is 216 g/mol. The average molecular weight is 238 g/mol. The van der Waals surface area contributed by atoms with Gasteiger partial charge in [0.05, 0.1) is 12.8 Å². The van der Waals surface area contributed by atoms with Crippen LogP contribution in [0.4, 0.5) is 0 Å². The van der Waals surface area contributed by atoms with Crippen molar-refractivity contribution < 1.29 is 4.74 Å². The lowest BCUT2D eigenvalue weighted by Gasteiger charge is -2.29. The van der Waals surface area contributed by atoms with Crippen LogP contribution in [0, 0.1) is 0 Å². The molecule has 96 valence electrons. The summed E-state index contributed by atoms with van der Waals surface area (Å²) in [7, 11) is 5.75. The first kappa shape index (κ1) is 12.4. The van der Waals surface area contributed by atoms with Crippen molar-refractivity contribution in [2.75, 3.05) is 27.2 Å². The van der Waals surface area contributed by atoms with E-state index in [0.717, 1.165) is 18.1 Å². The van der Waals surface area contributed by atoms with Crippen LogP contribution in [0.25, 0.3) is 0 Å². The summed E-state index contributed by atoms with van der Waals surface area (Å²) in [5.74, 6) is 0.810. The van der Waals surface area contributed by atoms with Crippen LogP contribution >= 0.6 is 0 Å². The number of aromatic nitrogens is 2. The largest absolute Gasteiger partial charge is 0.481 e. The van der Waals surface area contributed by atoms with Crippen molar-refractivity contribution in [2.45, 2.75) is 25.4 Å². The molecule has 0 amide bonds. The van der Waals surface area contributed by atoms with Crippen molar-refractivity contribution in [1.29, 1.82) is 0 Å². The second kappa shape index (κ2) is 5.51. The molecule has 1 aliphatic rings. The fourth-order valence-corrected chi connectivity index (χ4v) is 2.25. The van der Waals surface area contributed by atoms with Crippen LogP contribution < -0.4 is 10.1 Å². The van der Waals surface area contributed by atoms with E-state index in [1.54, 1.807) is 11.8 Å². The number of hydrogen-bond donors (Lipinski definition) is 1. The molecule has 1 N–H and O–H groups in total. The average Bonchev–Trinajstić information content (AvgIpc) is 2.69. The Morgan fingerprint density at radius 2 is 2.12 bits per heavy atom. The summed E-state index contributed by atoms with van der Waals surface area (Å²) in [6.07, 6.45) is 2.45. The molecule has 0 unspecified atom stereocenters. The van der Waals surface area contributed by atoms with Crippen molar-refractivity contribution in [2.24, 2.45) is 7.05 Å². The minimum absolute atomic E-state index is 0.624. The molecule has 0 aromatic carbocycles. The number of hydrogen-bond acceptors (Lipinski definition) is 4. The molecule has 0 spiro atoms. The molecule has 0 atom stereocenters. The van der Waals surface area contributed by atoms with Crippen LogP contribution in [0.1, 0.15) is 18.5 Å². The van der Waals surface area contributed by atoms with Gasteiger partial charge in [0.2, 0.25) is 5.88 Å². The topological polar surface area (TPSA) is 42.3 Å². The maximum atomic E-state index is 5.20. The van der Waals surface area contributed by atoms with Gasteiger partial charge in [0.15, 0.2) is 0 Å². The Balaban J connectivity index is 1.81. The highest BCUT2D eigenvalue weighted by molar-refractivity contribution is 5.15. The second-order valence-electron chi connectivity index (χ2n) is 4.76. The maximum Gasteiger partial charge on any atom is 0.211 e. The first-order valence-electron chi connectivity index (χ1n) is 6.18. The highest BCUT2D eigenvalue weighted by atomic mass is 16.5. The number of piperidine rings is 1. The normalized spacial score (nSPS) is 18.5. The van der Waals surface area contributed by atoms with Gasteiger partial charge in [0, 0.05) is 25.7 Å². The van der Waals surface area contributed by atoms with Crippen LogP contribution in [0.15, 0.2) is 6.07 Å². The van der Waals surface area contributed by atoms with Gasteiger partial charge < -0.3 is 15.0 Å².